The Morgan fingerprint density at radius 3 is 2.00 bits per heavy atom. The molecular weight excluding hydrogens is 288 g/mol. The molecule has 0 bridgehead atoms. The van der Waals surface area contributed by atoms with E-state index in [0.717, 1.165) is 16.5 Å². The lowest BCUT2D eigenvalue weighted by Crippen LogP contribution is -2.40. The highest BCUT2D eigenvalue weighted by atomic mass is 32.1. The zero-order valence-corrected chi connectivity index (χ0v) is 14.5. The van der Waals surface area contributed by atoms with E-state index in [1.54, 1.807) is 0 Å². The van der Waals surface area contributed by atoms with Gasteiger partial charge in [-0.3, -0.25) is 0 Å². The summed E-state index contributed by atoms with van der Waals surface area (Å²) in [6.07, 6.45) is 0. The molecule has 0 amide bonds. The van der Waals surface area contributed by atoms with Gasteiger partial charge in [-0.1, -0.05) is 44.2 Å². The number of thiocarbonyl (C=S) groups is 1. The maximum atomic E-state index is 5.61. The molecule has 0 aliphatic rings. The average Bonchev–Trinajstić information content (AvgIpc) is 2.48. The lowest BCUT2D eigenvalue weighted by atomic mass is 10.0. The van der Waals surface area contributed by atoms with Crippen LogP contribution in [0, 0.1) is 0 Å². The summed E-state index contributed by atoms with van der Waals surface area (Å²) in [4.78, 5) is 2.13. The van der Waals surface area contributed by atoms with Crippen molar-refractivity contribution in [3.63, 3.8) is 0 Å². The number of hydrogen-bond acceptors (Lipinski definition) is 1. The molecule has 0 saturated heterocycles. The summed E-state index contributed by atoms with van der Waals surface area (Å²) in [5.74, 6) is 0.539. The van der Waals surface area contributed by atoms with E-state index < -0.39 is 0 Å². The Balaban J connectivity index is 2.15. The topological polar surface area (TPSA) is 15.3 Å². The standard InChI is InChI=1S/C19H24N2S/c1-14(2)16-10-12-17(13-11-16)20-19(22)21(15(3)4)18-8-6-5-7-9-18/h5-15H,1-4H3,(H,20,22). The van der Waals surface area contributed by atoms with Gasteiger partial charge in [0.1, 0.15) is 0 Å². The molecule has 0 unspecified atom stereocenters. The number of para-hydroxylation sites is 1. The molecule has 2 aromatic rings. The summed E-state index contributed by atoms with van der Waals surface area (Å²) in [5.41, 5.74) is 3.46. The molecule has 0 heterocycles. The molecule has 0 aliphatic carbocycles. The van der Waals surface area contributed by atoms with Gasteiger partial charge in [-0.25, -0.2) is 0 Å². The molecule has 0 radical (unpaired) electrons. The van der Waals surface area contributed by atoms with Gasteiger partial charge in [-0.15, -0.1) is 0 Å². The highest BCUT2D eigenvalue weighted by Gasteiger charge is 2.15. The summed E-state index contributed by atoms with van der Waals surface area (Å²) in [5, 5.41) is 4.07. The van der Waals surface area contributed by atoms with E-state index in [1.165, 1.54) is 5.56 Å². The zero-order valence-electron chi connectivity index (χ0n) is 13.7. The van der Waals surface area contributed by atoms with E-state index in [-0.39, 0.29) is 6.04 Å². The van der Waals surface area contributed by atoms with E-state index in [2.05, 4.69) is 74.3 Å². The normalized spacial score (nSPS) is 10.8. The predicted octanol–water partition coefficient (Wildman–Crippen LogP) is 5.42. The molecule has 2 rings (SSSR count). The Morgan fingerprint density at radius 1 is 0.909 bits per heavy atom. The summed E-state index contributed by atoms with van der Waals surface area (Å²) >= 11 is 5.61. The summed E-state index contributed by atoms with van der Waals surface area (Å²) in [6, 6.07) is 19.0. The number of hydrogen-bond donors (Lipinski definition) is 1. The molecular formula is C19H24N2S. The summed E-state index contributed by atoms with van der Waals surface area (Å²) in [6.45, 7) is 8.68. The van der Waals surface area contributed by atoms with Gasteiger partial charge in [0.15, 0.2) is 5.11 Å². The molecule has 22 heavy (non-hydrogen) atoms. The molecule has 2 nitrogen and oxygen atoms in total. The van der Waals surface area contributed by atoms with Crippen molar-refractivity contribution in [3.05, 3.63) is 60.2 Å². The second kappa shape index (κ2) is 7.41. The largest absolute Gasteiger partial charge is 0.332 e. The molecule has 0 atom stereocenters. The van der Waals surface area contributed by atoms with Crippen LogP contribution in [0.1, 0.15) is 39.2 Å². The first-order valence-electron chi connectivity index (χ1n) is 7.74. The maximum absolute atomic E-state index is 5.61. The second-order valence-electron chi connectivity index (χ2n) is 6.01. The first-order chi connectivity index (χ1) is 10.5. The van der Waals surface area contributed by atoms with Crippen molar-refractivity contribution < 1.29 is 0 Å². The molecule has 116 valence electrons. The van der Waals surface area contributed by atoms with Crippen LogP contribution in [0.15, 0.2) is 54.6 Å². The average molecular weight is 312 g/mol. The number of benzene rings is 2. The van der Waals surface area contributed by atoms with Crippen LogP contribution >= 0.6 is 12.2 Å². The van der Waals surface area contributed by atoms with Crippen LogP contribution in [0.3, 0.4) is 0 Å². The highest BCUT2D eigenvalue weighted by Crippen LogP contribution is 2.20. The van der Waals surface area contributed by atoms with Crippen LogP contribution in [0.5, 0.6) is 0 Å². The molecule has 0 aromatic heterocycles. The van der Waals surface area contributed by atoms with Crippen molar-refractivity contribution in [2.75, 3.05) is 10.2 Å². The summed E-state index contributed by atoms with van der Waals surface area (Å²) < 4.78 is 0. The fourth-order valence-corrected chi connectivity index (χ4v) is 2.81. The molecule has 0 spiro atoms. The number of nitrogens with one attached hydrogen (secondary N) is 1. The smallest absolute Gasteiger partial charge is 0.178 e. The Morgan fingerprint density at radius 2 is 1.50 bits per heavy atom. The van der Waals surface area contributed by atoms with Gasteiger partial charge >= 0.3 is 0 Å². The van der Waals surface area contributed by atoms with Gasteiger partial charge in [0.05, 0.1) is 0 Å². The van der Waals surface area contributed by atoms with Crippen LogP contribution in [0.25, 0.3) is 0 Å². The molecule has 3 heteroatoms. The van der Waals surface area contributed by atoms with Gasteiger partial charge in [-0.2, -0.15) is 0 Å². The van der Waals surface area contributed by atoms with Crippen LogP contribution < -0.4 is 10.2 Å². The number of anilines is 2. The Hall–Kier alpha value is -1.87. The van der Waals surface area contributed by atoms with Crippen LogP contribution in [-0.4, -0.2) is 11.2 Å². The molecule has 1 N–H and O–H groups in total. The quantitative estimate of drug-likeness (QED) is 0.759. The van der Waals surface area contributed by atoms with E-state index in [0.29, 0.717) is 5.92 Å². The minimum absolute atomic E-state index is 0.289. The van der Waals surface area contributed by atoms with Crippen molar-refractivity contribution in [1.82, 2.24) is 0 Å². The van der Waals surface area contributed by atoms with E-state index in [4.69, 9.17) is 12.2 Å². The summed E-state index contributed by atoms with van der Waals surface area (Å²) in [7, 11) is 0. The first-order valence-corrected chi connectivity index (χ1v) is 8.15. The predicted molar refractivity (Wildman–Crippen MR) is 101 cm³/mol. The number of rotatable bonds is 4. The van der Waals surface area contributed by atoms with Crippen LogP contribution in [0.2, 0.25) is 0 Å². The van der Waals surface area contributed by atoms with Crippen LogP contribution in [0.4, 0.5) is 11.4 Å². The van der Waals surface area contributed by atoms with E-state index >= 15 is 0 Å². The third kappa shape index (κ3) is 4.08. The van der Waals surface area contributed by atoms with Crippen molar-refractivity contribution in [1.29, 1.82) is 0 Å². The first kappa shape index (κ1) is 16.5. The van der Waals surface area contributed by atoms with Crippen molar-refractivity contribution >= 4 is 28.7 Å². The molecule has 0 aliphatic heterocycles. The minimum Gasteiger partial charge on any atom is -0.332 e. The highest BCUT2D eigenvalue weighted by molar-refractivity contribution is 7.80. The molecule has 0 saturated carbocycles. The van der Waals surface area contributed by atoms with Gasteiger partial charge in [0.25, 0.3) is 0 Å². The Kier molecular flexibility index (Phi) is 5.56. The maximum Gasteiger partial charge on any atom is 0.178 e. The van der Waals surface area contributed by atoms with Crippen LogP contribution in [-0.2, 0) is 0 Å². The van der Waals surface area contributed by atoms with Crippen molar-refractivity contribution in [2.24, 2.45) is 0 Å². The van der Waals surface area contributed by atoms with E-state index in [9.17, 15) is 0 Å². The van der Waals surface area contributed by atoms with Gasteiger partial charge in [-0.05, 0) is 61.8 Å². The minimum atomic E-state index is 0.289. The Labute approximate surface area is 139 Å². The molecule has 0 fully saturated rings. The second-order valence-corrected chi connectivity index (χ2v) is 6.39. The van der Waals surface area contributed by atoms with E-state index in [1.807, 2.05) is 18.2 Å². The Bertz CT molecular complexity index is 603. The van der Waals surface area contributed by atoms with Crippen molar-refractivity contribution in [3.8, 4) is 0 Å². The third-order valence-electron chi connectivity index (χ3n) is 3.60. The zero-order chi connectivity index (χ0) is 16.1. The fraction of sp³-hybridized carbons (Fsp3) is 0.316. The lowest BCUT2D eigenvalue weighted by Gasteiger charge is -2.29. The van der Waals surface area contributed by atoms with Gasteiger partial charge in [0.2, 0.25) is 0 Å². The number of nitrogens with zero attached hydrogens (tertiary/aromatic N) is 1. The lowest BCUT2D eigenvalue weighted by molar-refractivity contribution is 0.811. The SMILES string of the molecule is CC(C)c1ccc(NC(=S)N(c2ccccc2)C(C)C)cc1. The fourth-order valence-electron chi connectivity index (χ4n) is 2.37. The van der Waals surface area contributed by atoms with Gasteiger partial charge in [0, 0.05) is 17.4 Å². The third-order valence-corrected chi connectivity index (χ3v) is 3.90. The van der Waals surface area contributed by atoms with Gasteiger partial charge < -0.3 is 10.2 Å². The monoisotopic (exact) mass is 312 g/mol. The molecule has 2 aromatic carbocycles. The van der Waals surface area contributed by atoms with Crippen molar-refractivity contribution in [2.45, 2.75) is 39.7 Å².